The van der Waals surface area contributed by atoms with Gasteiger partial charge in [0.05, 0.1) is 0 Å². The minimum Gasteiger partial charge on any atom is -0.508 e. The maximum absolute atomic E-state index is 12.0. The van der Waals surface area contributed by atoms with Gasteiger partial charge in [-0.05, 0) is 42.0 Å². The largest absolute Gasteiger partial charge is 0.508 e. The predicted molar refractivity (Wildman–Crippen MR) is 168 cm³/mol. The Morgan fingerprint density at radius 2 is 1.32 bits per heavy atom. The summed E-state index contributed by atoms with van der Waals surface area (Å²) in [5, 5.41) is 10.9. The van der Waals surface area contributed by atoms with Crippen molar-refractivity contribution in [2.75, 3.05) is 64.0 Å². The molecular formula is C29H31NO3S4. The number of thioether (sulfide) groups is 4. The van der Waals surface area contributed by atoms with Crippen LogP contribution in [-0.4, -0.2) is 64.2 Å². The number of hydrogen-bond donors (Lipinski definition) is 1. The Balaban J connectivity index is 1.42. The number of fused-ring (bicyclic) bond motifs is 2. The van der Waals surface area contributed by atoms with Crippen LogP contribution in [0, 0.1) is 0 Å². The Labute approximate surface area is 235 Å². The van der Waals surface area contributed by atoms with Gasteiger partial charge in [0.1, 0.15) is 17.1 Å². The molecule has 0 unspecified atom stereocenters. The summed E-state index contributed by atoms with van der Waals surface area (Å²) in [6.45, 7) is 2.09. The van der Waals surface area contributed by atoms with Crippen LogP contribution in [0.4, 0.5) is 5.69 Å². The molecule has 2 aliphatic heterocycles. The SMILES string of the molecule is O=c1ccc2c(-c3ccc(N4CCSCCSCCSCCSCC4)cc3)c3ccc(O)cc3oc-2c1. The molecule has 2 aromatic rings. The van der Waals surface area contributed by atoms with Crippen molar-refractivity contribution in [3.63, 3.8) is 0 Å². The molecule has 0 amide bonds. The number of aromatic hydroxyl groups is 1. The fourth-order valence-electron chi connectivity index (χ4n) is 4.49. The Morgan fingerprint density at radius 1 is 0.703 bits per heavy atom. The number of benzene rings is 3. The van der Waals surface area contributed by atoms with E-state index >= 15 is 0 Å². The van der Waals surface area contributed by atoms with Crippen molar-refractivity contribution in [2.45, 2.75) is 0 Å². The van der Waals surface area contributed by atoms with Crippen molar-refractivity contribution in [2.24, 2.45) is 0 Å². The van der Waals surface area contributed by atoms with Gasteiger partial charge in [-0.1, -0.05) is 12.1 Å². The second-order valence-corrected chi connectivity index (χ2v) is 13.7. The molecule has 1 saturated heterocycles. The minimum absolute atomic E-state index is 0.0952. The number of phenols is 1. The first-order chi connectivity index (χ1) is 18.2. The monoisotopic (exact) mass is 569 g/mol. The highest BCUT2D eigenvalue weighted by Gasteiger charge is 2.18. The molecule has 0 atom stereocenters. The number of nitrogens with zero attached hydrogens (tertiary/aromatic N) is 1. The molecule has 5 rings (SSSR count). The first kappa shape index (κ1) is 26.7. The average molecular weight is 570 g/mol. The van der Waals surface area contributed by atoms with E-state index in [4.69, 9.17) is 4.42 Å². The molecule has 1 N–H and O–H groups in total. The highest BCUT2D eigenvalue weighted by molar-refractivity contribution is 8.05. The van der Waals surface area contributed by atoms with E-state index in [1.807, 2.05) is 12.1 Å². The molecule has 2 heterocycles. The number of phenolic OH excluding ortho intramolecular Hbond substituents is 1. The van der Waals surface area contributed by atoms with E-state index in [2.05, 4.69) is 76.2 Å². The highest BCUT2D eigenvalue weighted by Crippen LogP contribution is 2.41. The molecular weight excluding hydrogens is 539 g/mol. The van der Waals surface area contributed by atoms with E-state index < -0.39 is 0 Å². The van der Waals surface area contributed by atoms with Gasteiger partial charge in [0, 0.05) is 93.4 Å². The van der Waals surface area contributed by atoms with E-state index in [9.17, 15) is 9.90 Å². The zero-order valence-electron chi connectivity index (χ0n) is 20.7. The average Bonchev–Trinajstić information content (AvgIpc) is 2.91. The van der Waals surface area contributed by atoms with Crippen LogP contribution in [0.2, 0.25) is 0 Å². The van der Waals surface area contributed by atoms with E-state index in [-0.39, 0.29) is 11.2 Å². The van der Waals surface area contributed by atoms with Crippen LogP contribution in [-0.2, 0) is 0 Å². The molecule has 2 aromatic carbocycles. The highest BCUT2D eigenvalue weighted by atomic mass is 32.2. The fraction of sp³-hybridized carbons (Fsp3) is 0.345. The summed E-state index contributed by atoms with van der Waals surface area (Å²) < 4.78 is 6.00. The minimum atomic E-state index is -0.0952. The summed E-state index contributed by atoms with van der Waals surface area (Å²) in [4.78, 5) is 14.5. The Kier molecular flexibility index (Phi) is 9.59. The van der Waals surface area contributed by atoms with Crippen LogP contribution in [0.5, 0.6) is 5.75 Å². The molecule has 194 valence electrons. The third kappa shape index (κ3) is 6.96. The van der Waals surface area contributed by atoms with Crippen molar-refractivity contribution in [3.05, 3.63) is 70.9 Å². The Morgan fingerprint density at radius 3 is 1.97 bits per heavy atom. The summed E-state index contributed by atoms with van der Waals surface area (Å²) in [6, 6.07) is 18.9. The zero-order valence-corrected chi connectivity index (χ0v) is 24.0. The molecule has 3 aliphatic rings. The maximum Gasteiger partial charge on any atom is 0.182 e. The van der Waals surface area contributed by atoms with Crippen LogP contribution in [0.1, 0.15) is 0 Å². The third-order valence-electron chi connectivity index (χ3n) is 6.33. The molecule has 4 nitrogen and oxygen atoms in total. The second kappa shape index (κ2) is 13.3. The van der Waals surface area contributed by atoms with Crippen LogP contribution in [0.15, 0.2) is 69.9 Å². The van der Waals surface area contributed by atoms with Crippen LogP contribution >= 0.6 is 47.0 Å². The summed E-state index contributed by atoms with van der Waals surface area (Å²) >= 11 is 8.28. The van der Waals surface area contributed by atoms with Crippen LogP contribution in [0.3, 0.4) is 0 Å². The van der Waals surface area contributed by atoms with Crippen molar-refractivity contribution in [1.29, 1.82) is 0 Å². The first-order valence-corrected chi connectivity index (χ1v) is 17.2. The van der Waals surface area contributed by atoms with Gasteiger partial charge >= 0.3 is 0 Å². The van der Waals surface area contributed by atoms with Gasteiger partial charge in [-0.3, -0.25) is 4.79 Å². The van der Waals surface area contributed by atoms with Crippen LogP contribution < -0.4 is 10.3 Å². The molecule has 37 heavy (non-hydrogen) atoms. The molecule has 0 saturated carbocycles. The normalized spacial score (nSPS) is 16.9. The van der Waals surface area contributed by atoms with Crippen molar-refractivity contribution < 1.29 is 9.52 Å². The lowest BCUT2D eigenvalue weighted by Crippen LogP contribution is -2.28. The summed E-state index contributed by atoms with van der Waals surface area (Å²) in [7, 11) is 0. The molecule has 0 bridgehead atoms. The zero-order chi connectivity index (χ0) is 25.5. The van der Waals surface area contributed by atoms with E-state index in [0.717, 1.165) is 46.7 Å². The number of rotatable bonds is 2. The van der Waals surface area contributed by atoms with Gasteiger partial charge in [-0.25, -0.2) is 0 Å². The maximum atomic E-state index is 12.0. The molecule has 0 spiro atoms. The summed E-state index contributed by atoms with van der Waals surface area (Å²) in [5.41, 5.74) is 4.68. The third-order valence-corrected chi connectivity index (χ3v) is 11.0. The second-order valence-electron chi connectivity index (χ2n) is 8.80. The van der Waals surface area contributed by atoms with Gasteiger partial charge in [-0.2, -0.15) is 47.0 Å². The standard InChI is InChI=1S/C29H31NO3S4/c31-23-5-7-25-27(19-23)33-28-20-24(32)6-8-26(28)29(25)21-1-3-22(4-2-21)30-9-11-34-13-15-36-17-18-37-16-14-35-12-10-30/h1-8,19-20,31H,9-18H2. The van der Waals surface area contributed by atoms with E-state index in [1.54, 1.807) is 18.2 Å². The molecule has 1 aliphatic carbocycles. The molecule has 0 aromatic heterocycles. The topological polar surface area (TPSA) is 53.7 Å². The van der Waals surface area contributed by atoms with Gasteiger partial charge in [0.25, 0.3) is 0 Å². The summed E-state index contributed by atoms with van der Waals surface area (Å²) in [6.07, 6.45) is 0. The van der Waals surface area contributed by atoms with Gasteiger partial charge in [-0.15, -0.1) is 0 Å². The van der Waals surface area contributed by atoms with Gasteiger partial charge in [0.15, 0.2) is 5.43 Å². The van der Waals surface area contributed by atoms with Crippen LogP contribution in [0.25, 0.3) is 33.4 Å². The number of anilines is 1. The molecule has 1 fully saturated rings. The fourth-order valence-corrected chi connectivity index (χ4v) is 8.83. The van der Waals surface area contributed by atoms with Crippen molar-refractivity contribution in [1.82, 2.24) is 0 Å². The lowest BCUT2D eigenvalue weighted by Gasteiger charge is -2.25. The summed E-state index contributed by atoms with van der Waals surface area (Å²) in [5.74, 6) is 10.4. The lowest BCUT2D eigenvalue weighted by atomic mass is 9.93. The lowest BCUT2D eigenvalue weighted by molar-refractivity contribution is 0.474. The van der Waals surface area contributed by atoms with Gasteiger partial charge in [0.2, 0.25) is 0 Å². The molecule has 0 radical (unpaired) electrons. The quantitative estimate of drug-likeness (QED) is 0.259. The van der Waals surface area contributed by atoms with E-state index in [1.165, 1.54) is 46.3 Å². The predicted octanol–water partition coefficient (Wildman–Crippen LogP) is 7.02. The van der Waals surface area contributed by atoms with Crippen molar-refractivity contribution >= 4 is 63.7 Å². The van der Waals surface area contributed by atoms with E-state index in [0.29, 0.717) is 11.3 Å². The Hall–Kier alpha value is -1.87. The molecule has 8 heteroatoms. The first-order valence-electron chi connectivity index (χ1n) is 12.5. The van der Waals surface area contributed by atoms with Crippen molar-refractivity contribution in [3.8, 4) is 28.2 Å². The van der Waals surface area contributed by atoms with Gasteiger partial charge < -0.3 is 14.4 Å². The number of hydrogen-bond acceptors (Lipinski definition) is 8. The Bertz CT molecular complexity index is 1330. The smallest absolute Gasteiger partial charge is 0.182 e.